The van der Waals surface area contributed by atoms with Crippen molar-refractivity contribution >= 4 is 36.0 Å². The molecule has 172 valence electrons. The summed E-state index contributed by atoms with van der Waals surface area (Å²) in [6.45, 7) is 5.56. The molecule has 0 fully saturated rings. The maximum atomic E-state index is 12.1. The maximum absolute atomic E-state index is 12.1. The summed E-state index contributed by atoms with van der Waals surface area (Å²) in [7, 11) is 1.63. The minimum Gasteiger partial charge on any atom is -0.484 e. The van der Waals surface area contributed by atoms with Gasteiger partial charge in [0.05, 0.1) is 0 Å². The Morgan fingerprint density at radius 3 is 2.17 bits per heavy atom. The molecule has 7 nitrogen and oxygen atoms in total. The molecule has 0 saturated carbocycles. The SMILES string of the molecule is CN=C(NCCCNC(=O)OC(C)(C)C)NCc1ccc(OCC(F)(F)F)cc1.I. The largest absolute Gasteiger partial charge is 0.484 e. The number of carbonyl (C=O) groups is 1. The van der Waals surface area contributed by atoms with Crippen molar-refractivity contribution in [2.45, 2.75) is 45.5 Å². The Balaban J connectivity index is 0.00000841. The third-order valence-corrected chi connectivity index (χ3v) is 3.32. The van der Waals surface area contributed by atoms with Gasteiger partial charge in [-0.15, -0.1) is 24.0 Å². The van der Waals surface area contributed by atoms with Crippen LogP contribution in [0, 0.1) is 0 Å². The van der Waals surface area contributed by atoms with Crippen molar-refractivity contribution in [3.05, 3.63) is 29.8 Å². The second-order valence-corrected chi connectivity index (χ2v) is 7.18. The number of aliphatic imine (C=N–C) groups is 1. The van der Waals surface area contributed by atoms with Crippen LogP contribution in [0.15, 0.2) is 29.3 Å². The van der Waals surface area contributed by atoms with E-state index in [0.717, 1.165) is 5.56 Å². The third kappa shape index (κ3) is 14.1. The quantitative estimate of drug-likeness (QED) is 0.200. The van der Waals surface area contributed by atoms with Crippen LogP contribution in [0.25, 0.3) is 0 Å². The number of alkyl halides is 3. The Kier molecular flexibility index (Phi) is 12.5. The van der Waals surface area contributed by atoms with Crippen molar-refractivity contribution in [2.75, 3.05) is 26.7 Å². The minimum absolute atomic E-state index is 0. The number of carbonyl (C=O) groups excluding carboxylic acids is 1. The Morgan fingerprint density at radius 1 is 1.03 bits per heavy atom. The van der Waals surface area contributed by atoms with Crippen LogP contribution in [0.5, 0.6) is 5.75 Å². The summed E-state index contributed by atoms with van der Waals surface area (Å²) in [6, 6.07) is 6.33. The third-order valence-electron chi connectivity index (χ3n) is 3.32. The number of benzene rings is 1. The highest BCUT2D eigenvalue weighted by molar-refractivity contribution is 14.0. The summed E-state index contributed by atoms with van der Waals surface area (Å²) >= 11 is 0. The second kappa shape index (κ2) is 13.4. The number of amides is 1. The molecule has 1 aromatic rings. The van der Waals surface area contributed by atoms with E-state index in [1.807, 2.05) is 0 Å². The van der Waals surface area contributed by atoms with E-state index >= 15 is 0 Å². The molecule has 0 bridgehead atoms. The number of nitrogens with one attached hydrogen (secondary N) is 3. The lowest BCUT2D eigenvalue weighted by atomic mass is 10.2. The summed E-state index contributed by atoms with van der Waals surface area (Å²) in [4.78, 5) is 15.6. The second-order valence-electron chi connectivity index (χ2n) is 7.18. The van der Waals surface area contributed by atoms with E-state index < -0.39 is 24.5 Å². The van der Waals surface area contributed by atoms with Gasteiger partial charge in [-0.3, -0.25) is 4.99 Å². The van der Waals surface area contributed by atoms with Crippen molar-refractivity contribution in [3.8, 4) is 5.75 Å². The predicted octanol–water partition coefficient (Wildman–Crippen LogP) is 3.83. The van der Waals surface area contributed by atoms with Crippen LogP contribution in [0.4, 0.5) is 18.0 Å². The van der Waals surface area contributed by atoms with E-state index in [4.69, 9.17) is 4.74 Å². The predicted molar refractivity (Wildman–Crippen MR) is 120 cm³/mol. The van der Waals surface area contributed by atoms with Crippen LogP contribution in [-0.2, 0) is 11.3 Å². The molecule has 30 heavy (non-hydrogen) atoms. The first kappa shape index (κ1) is 28.1. The number of ether oxygens (including phenoxy) is 2. The highest BCUT2D eigenvalue weighted by Gasteiger charge is 2.28. The van der Waals surface area contributed by atoms with Crippen LogP contribution < -0.4 is 20.7 Å². The number of guanidine groups is 1. The Bertz CT molecular complexity index is 662. The molecule has 0 saturated heterocycles. The van der Waals surface area contributed by atoms with Gasteiger partial charge in [-0.1, -0.05) is 12.1 Å². The zero-order valence-electron chi connectivity index (χ0n) is 17.6. The minimum atomic E-state index is -4.36. The summed E-state index contributed by atoms with van der Waals surface area (Å²) in [5, 5.41) is 8.88. The zero-order valence-corrected chi connectivity index (χ0v) is 19.9. The highest BCUT2D eigenvalue weighted by Crippen LogP contribution is 2.18. The van der Waals surface area contributed by atoms with Crippen molar-refractivity contribution in [3.63, 3.8) is 0 Å². The van der Waals surface area contributed by atoms with Crippen LogP contribution in [0.2, 0.25) is 0 Å². The molecule has 0 heterocycles. The molecule has 0 aliphatic rings. The number of halogens is 4. The fourth-order valence-electron chi connectivity index (χ4n) is 2.07. The van der Waals surface area contributed by atoms with E-state index in [9.17, 15) is 18.0 Å². The van der Waals surface area contributed by atoms with E-state index in [1.54, 1.807) is 40.0 Å². The van der Waals surface area contributed by atoms with E-state index in [1.165, 1.54) is 12.1 Å². The number of hydrogen-bond donors (Lipinski definition) is 3. The van der Waals surface area contributed by atoms with Gasteiger partial charge >= 0.3 is 12.3 Å². The summed E-state index contributed by atoms with van der Waals surface area (Å²) < 4.78 is 46.2. The lowest BCUT2D eigenvalue weighted by molar-refractivity contribution is -0.153. The molecule has 0 spiro atoms. The fraction of sp³-hybridized carbons (Fsp3) is 0.579. The molecule has 0 aromatic heterocycles. The molecule has 0 aliphatic heterocycles. The van der Waals surface area contributed by atoms with Gasteiger partial charge in [-0.05, 0) is 44.9 Å². The van der Waals surface area contributed by atoms with Gasteiger partial charge < -0.3 is 25.4 Å². The fourth-order valence-corrected chi connectivity index (χ4v) is 2.07. The Morgan fingerprint density at radius 2 is 1.63 bits per heavy atom. The summed E-state index contributed by atoms with van der Waals surface area (Å²) in [6.07, 6.45) is -4.14. The molecule has 0 unspecified atom stereocenters. The summed E-state index contributed by atoms with van der Waals surface area (Å²) in [5.41, 5.74) is 0.329. The molecular weight excluding hydrogens is 516 g/mol. The van der Waals surface area contributed by atoms with Gasteiger partial charge in [0.25, 0.3) is 0 Å². The highest BCUT2D eigenvalue weighted by atomic mass is 127. The number of hydrogen-bond acceptors (Lipinski definition) is 4. The standard InChI is InChI=1S/C19H29F3N4O3.HI/c1-18(2,3)29-17(27)25-11-5-10-24-16(23-4)26-12-14-6-8-15(9-7-14)28-13-19(20,21)22;/h6-9H,5,10-13H2,1-4H3,(H,25,27)(H2,23,24,26);1H. The average Bonchev–Trinajstić information content (AvgIpc) is 2.61. The van der Waals surface area contributed by atoms with E-state index in [0.29, 0.717) is 32.0 Å². The average molecular weight is 546 g/mol. The van der Waals surface area contributed by atoms with Crippen LogP contribution >= 0.6 is 24.0 Å². The van der Waals surface area contributed by atoms with E-state index in [2.05, 4.69) is 25.7 Å². The lowest BCUT2D eigenvalue weighted by Crippen LogP contribution is -2.39. The number of rotatable bonds is 8. The van der Waals surface area contributed by atoms with Crippen LogP contribution in [0.1, 0.15) is 32.8 Å². The van der Waals surface area contributed by atoms with Gasteiger partial charge in [-0.25, -0.2) is 4.79 Å². The molecule has 0 aliphatic carbocycles. The van der Waals surface area contributed by atoms with Crippen LogP contribution in [-0.4, -0.2) is 50.6 Å². The first-order chi connectivity index (χ1) is 13.5. The van der Waals surface area contributed by atoms with Crippen molar-refractivity contribution in [1.82, 2.24) is 16.0 Å². The van der Waals surface area contributed by atoms with Gasteiger partial charge in [0.2, 0.25) is 0 Å². The van der Waals surface area contributed by atoms with Gasteiger partial charge in [0, 0.05) is 26.7 Å². The van der Waals surface area contributed by atoms with Gasteiger partial charge in [0.15, 0.2) is 12.6 Å². The molecule has 3 N–H and O–H groups in total. The summed E-state index contributed by atoms with van der Waals surface area (Å²) in [5.74, 6) is 0.728. The Labute approximate surface area is 192 Å². The molecule has 0 radical (unpaired) electrons. The van der Waals surface area contributed by atoms with Crippen molar-refractivity contribution in [2.24, 2.45) is 4.99 Å². The molecular formula is C19H30F3IN4O3. The molecule has 0 atom stereocenters. The zero-order chi connectivity index (χ0) is 21.9. The van der Waals surface area contributed by atoms with Crippen molar-refractivity contribution in [1.29, 1.82) is 0 Å². The van der Waals surface area contributed by atoms with Crippen molar-refractivity contribution < 1.29 is 27.4 Å². The number of alkyl carbamates (subject to hydrolysis) is 1. The Hall–Kier alpha value is -1.92. The normalized spacial score (nSPS) is 11.9. The molecule has 1 amide bonds. The lowest BCUT2D eigenvalue weighted by Gasteiger charge is -2.19. The van der Waals surface area contributed by atoms with Gasteiger partial charge in [0.1, 0.15) is 11.4 Å². The first-order valence-electron chi connectivity index (χ1n) is 9.18. The maximum Gasteiger partial charge on any atom is 0.422 e. The molecule has 11 heteroatoms. The smallest absolute Gasteiger partial charge is 0.422 e. The topological polar surface area (TPSA) is 84.0 Å². The number of nitrogens with zero attached hydrogens (tertiary/aromatic N) is 1. The monoisotopic (exact) mass is 546 g/mol. The van der Waals surface area contributed by atoms with Gasteiger partial charge in [-0.2, -0.15) is 13.2 Å². The van der Waals surface area contributed by atoms with E-state index in [-0.39, 0.29) is 29.7 Å². The molecule has 1 rings (SSSR count). The first-order valence-corrected chi connectivity index (χ1v) is 9.18. The molecule has 1 aromatic carbocycles. The van der Waals surface area contributed by atoms with Crippen LogP contribution in [0.3, 0.4) is 0 Å².